The van der Waals surface area contributed by atoms with Crippen LogP contribution in [0.3, 0.4) is 0 Å². The van der Waals surface area contributed by atoms with Crippen LogP contribution in [0, 0.1) is 11.5 Å². The van der Waals surface area contributed by atoms with E-state index in [-0.39, 0.29) is 0 Å². The Morgan fingerprint density at radius 2 is 2.46 bits per heavy atom. The van der Waals surface area contributed by atoms with E-state index in [1.807, 2.05) is 0 Å². The molecule has 0 N–H and O–H groups in total. The van der Waals surface area contributed by atoms with Crippen LogP contribution >= 0.6 is 12.1 Å². The van der Waals surface area contributed by atoms with Gasteiger partial charge in [-0.2, -0.15) is 9.57 Å². The Morgan fingerprint density at radius 3 is 3.00 bits per heavy atom. The van der Waals surface area contributed by atoms with E-state index in [0.717, 1.165) is 23.7 Å². The first-order valence-corrected chi connectivity index (χ1v) is 5.10. The summed E-state index contributed by atoms with van der Waals surface area (Å²) in [5, 5.41) is 8.54. The van der Waals surface area contributed by atoms with E-state index >= 15 is 0 Å². The number of hydrogen-bond acceptors (Lipinski definition) is 4. The third-order valence-electron chi connectivity index (χ3n) is 2.13. The largest absolute Gasteiger partial charge is 0.277 e. The number of carbonyl (C=O) groups excluding carboxylic acids is 1. The molecule has 13 heavy (non-hydrogen) atoms. The molecule has 1 atom stereocenters. The van der Waals surface area contributed by atoms with Crippen LogP contribution < -0.4 is 0 Å². The predicted molar refractivity (Wildman–Crippen MR) is 51.1 cm³/mol. The van der Waals surface area contributed by atoms with E-state index in [2.05, 4.69) is 11.2 Å². The zero-order valence-corrected chi connectivity index (χ0v) is 8.46. The first kappa shape index (κ1) is 10.4. The smallest absolute Gasteiger partial charge is 0.234 e. The molecule has 1 aliphatic rings. The number of hydrogen-bond donors (Lipinski definition) is 0. The fourth-order valence-electron chi connectivity index (χ4n) is 1.37. The number of amides is 1. The monoisotopic (exact) mass is 199 g/mol. The lowest BCUT2D eigenvalue weighted by Gasteiger charge is -2.32. The fourth-order valence-corrected chi connectivity index (χ4v) is 2.15. The van der Waals surface area contributed by atoms with E-state index in [0.29, 0.717) is 12.5 Å². The summed E-state index contributed by atoms with van der Waals surface area (Å²) in [5.74, 6) is 0. The lowest BCUT2D eigenvalue weighted by Crippen LogP contribution is -2.34. The van der Waals surface area contributed by atoms with E-state index in [4.69, 9.17) is 5.26 Å². The maximum absolute atomic E-state index is 10.4. The fraction of sp³-hybridized carbons (Fsp3) is 0.750. The Labute approximate surface area is 82.8 Å². The van der Waals surface area contributed by atoms with Gasteiger partial charge in [-0.3, -0.25) is 4.79 Å². The number of carbonyl (C=O) groups is 1. The molecule has 0 bridgehead atoms. The summed E-state index contributed by atoms with van der Waals surface area (Å²) in [6, 6.07) is 0.453. The maximum Gasteiger partial charge on any atom is 0.234 e. The molecule has 1 unspecified atom stereocenters. The van der Waals surface area contributed by atoms with Gasteiger partial charge in [-0.25, -0.2) is 4.31 Å². The van der Waals surface area contributed by atoms with E-state index in [9.17, 15) is 4.79 Å². The summed E-state index contributed by atoms with van der Waals surface area (Å²) in [7, 11) is 0. The molecule has 1 aliphatic heterocycles. The zero-order valence-electron chi connectivity index (χ0n) is 7.64. The molecule has 4 nitrogen and oxygen atoms in total. The normalized spacial score (nSPS) is 23.5. The van der Waals surface area contributed by atoms with Crippen molar-refractivity contribution in [1.82, 2.24) is 8.61 Å². The molecule has 0 aliphatic carbocycles. The van der Waals surface area contributed by atoms with Gasteiger partial charge in [0.1, 0.15) is 0 Å². The highest BCUT2D eigenvalue weighted by Gasteiger charge is 2.21. The van der Waals surface area contributed by atoms with Crippen molar-refractivity contribution in [1.29, 1.82) is 5.26 Å². The van der Waals surface area contributed by atoms with Crippen LogP contribution in [0.15, 0.2) is 0 Å². The van der Waals surface area contributed by atoms with Crippen LogP contribution in [0.1, 0.15) is 26.2 Å². The minimum atomic E-state index is 0.453. The highest BCUT2D eigenvalue weighted by Crippen LogP contribution is 2.25. The Kier molecular flexibility index (Phi) is 4.06. The molecule has 1 heterocycles. The van der Waals surface area contributed by atoms with E-state index in [1.165, 1.54) is 18.6 Å². The van der Waals surface area contributed by atoms with Gasteiger partial charge in [-0.05, 0) is 19.8 Å². The van der Waals surface area contributed by atoms with Crippen molar-refractivity contribution < 1.29 is 4.79 Å². The van der Waals surface area contributed by atoms with Crippen LogP contribution in [0.25, 0.3) is 0 Å². The first-order chi connectivity index (χ1) is 6.27. The molecule has 72 valence electrons. The van der Waals surface area contributed by atoms with Crippen LogP contribution in [0.2, 0.25) is 0 Å². The number of rotatable bonds is 3. The molecule has 5 heteroatoms. The van der Waals surface area contributed by atoms with Gasteiger partial charge in [0.15, 0.2) is 6.19 Å². The highest BCUT2D eigenvalue weighted by atomic mass is 32.2. The second-order valence-electron chi connectivity index (χ2n) is 3.10. The van der Waals surface area contributed by atoms with Gasteiger partial charge in [0, 0.05) is 12.6 Å². The number of nitrogens with zero attached hydrogens (tertiary/aromatic N) is 3. The molecule has 0 radical (unpaired) electrons. The molecular formula is C8H13N3OS. The van der Waals surface area contributed by atoms with Gasteiger partial charge >= 0.3 is 0 Å². The predicted octanol–water partition coefficient (Wildman–Crippen LogP) is 1.36. The van der Waals surface area contributed by atoms with Crippen LogP contribution in [-0.2, 0) is 4.79 Å². The van der Waals surface area contributed by atoms with Crippen LogP contribution in [0.4, 0.5) is 0 Å². The van der Waals surface area contributed by atoms with Crippen molar-refractivity contribution in [3.63, 3.8) is 0 Å². The zero-order chi connectivity index (χ0) is 9.68. The topological polar surface area (TPSA) is 47.3 Å². The summed E-state index contributed by atoms with van der Waals surface area (Å²) in [6.45, 7) is 3.07. The van der Waals surface area contributed by atoms with E-state index in [1.54, 1.807) is 6.19 Å². The summed E-state index contributed by atoms with van der Waals surface area (Å²) in [5.41, 5.74) is 0. The second kappa shape index (κ2) is 5.10. The minimum absolute atomic E-state index is 0.453. The van der Waals surface area contributed by atoms with Crippen molar-refractivity contribution in [2.75, 3.05) is 6.54 Å². The average molecular weight is 199 g/mol. The van der Waals surface area contributed by atoms with Gasteiger partial charge in [-0.1, -0.05) is 6.42 Å². The number of piperidine rings is 1. The summed E-state index contributed by atoms with van der Waals surface area (Å²) in [6.07, 6.45) is 5.89. The molecule has 1 amide bonds. The minimum Gasteiger partial charge on any atom is -0.277 e. The van der Waals surface area contributed by atoms with E-state index < -0.39 is 0 Å². The van der Waals surface area contributed by atoms with Crippen LogP contribution in [-0.4, -0.2) is 27.6 Å². The molecular weight excluding hydrogens is 186 g/mol. The molecule has 1 fully saturated rings. The standard InChI is InChI=1S/C8H13N3OS/c1-8-4-2-3-5-11(8)13-10(6-9)7-12/h7-8H,2-5H2,1H3. The maximum atomic E-state index is 10.4. The van der Waals surface area contributed by atoms with Crippen LogP contribution in [0.5, 0.6) is 0 Å². The average Bonchev–Trinajstić information content (AvgIpc) is 2.17. The van der Waals surface area contributed by atoms with Crippen molar-refractivity contribution in [2.24, 2.45) is 0 Å². The van der Waals surface area contributed by atoms with Gasteiger partial charge in [-0.15, -0.1) is 0 Å². The van der Waals surface area contributed by atoms with Crippen molar-refractivity contribution in [2.45, 2.75) is 32.2 Å². The van der Waals surface area contributed by atoms with Crippen molar-refractivity contribution in [3.05, 3.63) is 0 Å². The Hall–Kier alpha value is -0.730. The molecule has 1 rings (SSSR count). The quantitative estimate of drug-likeness (QED) is 0.298. The van der Waals surface area contributed by atoms with Gasteiger partial charge in [0.05, 0.1) is 12.1 Å². The first-order valence-electron chi connectivity index (χ1n) is 4.37. The number of nitriles is 1. The molecule has 0 saturated carbocycles. The SMILES string of the molecule is CC1CCCCN1SN(C#N)C=O. The molecule has 0 aromatic rings. The Morgan fingerprint density at radius 1 is 1.69 bits per heavy atom. The summed E-state index contributed by atoms with van der Waals surface area (Å²) < 4.78 is 3.13. The third-order valence-corrected chi connectivity index (χ3v) is 3.23. The molecule has 0 spiro atoms. The Balaban J connectivity index is 2.42. The molecule has 1 saturated heterocycles. The summed E-state index contributed by atoms with van der Waals surface area (Å²) in [4.78, 5) is 10.4. The summed E-state index contributed by atoms with van der Waals surface area (Å²) >= 11 is 1.21. The van der Waals surface area contributed by atoms with Crippen molar-refractivity contribution >= 4 is 18.5 Å². The molecule has 0 aromatic carbocycles. The van der Waals surface area contributed by atoms with Gasteiger partial charge in [0.2, 0.25) is 6.41 Å². The Bertz CT molecular complexity index is 216. The van der Waals surface area contributed by atoms with Gasteiger partial charge < -0.3 is 0 Å². The second-order valence-corrected chi connectivity index (χ2v) is 4.12. The molecule has 0 aromatic heterocycles. The highest BCUT2D eigenvalue weighted by molar-refractivity contribution is 7.95. The lowest BCUT2D eigenvalue weighted by atomic mass is 10.1. The van der Waals surface area contributed by atoms with Crippen molar-refractivity contribution in [3.8, 4) is 6.19 Å². The van der Waals surface area contributed by atoms with Gasteiger partial charge in [0.25, 0.3) is 0 Å². The third kappa shape index (κ3) is 2.90. The lowest BCUT2D eigenvalue weighted by molar-refractivity contribution is -0.112.